The molecule has 0 spiro atoms. The van der Waals surface area contributed by atoms with Crippen molar-refractivity contribution in [3.05, 3.63) is 35.1 Å². The van der Waals surface area contributed by atoms with Gasteiger partial charge in [0.05, 0.1) is 0 Å². The van der Waals surface area contributed by atoms with Crippen molar-refractivity contribution in [3.8, 4) is 0 Å². The number of aryl methyl sites for hydroxylation is 1. The molecule has 16 heavy (non-hydrogen) atoms. The van der Waals surface area contributed by atoms with Gasteiger partial charge in [-0.3, -0.25) is 4.79 Å². The maximum Gasteiger partial charge on any atom is 0.168 e. The van der Waals surface area contributed by atoms with Crippen LogP contribution < -0.4 is 0 Å². The van der Waals surface area contributed by atoms with Gasteiger partial charge in [0.2, 0.25) is 0 Å². The van der Waals surface area contributed by atoms with Crippen LogP contribution in [0.4, 0.5) is 4.39 Å². The highest BCUT2D eigenvalue weighted by Crippen LogP contribution is 2.40. The molecule has 0 N–H and O–H groups in total. The molecule has 1 aliphatic rings. The summed E-state index contributed by atoms with van der Waals surface area (Å²) in [5.41, 5.74) is 0.986. The lowest BCUT2D eigenvalue weighted by molar-refractivity contribution is 0.0823. The second-order valence-electron chi connectivity index (χ2n) is 5.06. The summed E-state index contributed by atoms with van der Waals surface area (Å²) in [4.78, 5) is 12.3. The van der Waals surface area contributed by atoms with Gasteiger partial charge in [-0.2, -0.15) is 0 Å². The fourth-order valence-electron chi connectivity index (χ4n) is 2.52. The first-order chi connectivity index (χ1) is 7.53. The van der Waals surface area contributed by atoms with Gasteiger partial charge < -0.3 is 0 Å². The Bertz CT molecular complexity index is 417. The van der Waals surface area contributed by atoms with E-state index in [1.54, 1.807) is 19.1 Å². The topological polar surface area (TPSA) is 17.1 Å². The number of halogens is 1. The molecule has 0 aromatic heterocycles. The summed E-state index contributed by atoms with van der Waals surface area (Å²) < 4.78 is 13.1. The first-order valence-corrected chi connectivity index (χ1v) is 5.84. The highest BCUT2D eigenvalue weighted by atomic mass is 19.1. The van der Waals surface area contributed by atoms with Gasteiger partial charge in [0.1, 0.15) is 5.82 Å². The molecular weight excluding hydrogens is 203 g/mol. The molecule has 1 aromatic carbocycles. The molecule has 0 aliphatic heterocycles. The number of hydrogen-bond acceptors (Lipinski definition) is 1. The van der Waals surface area contributed by atoms with Crippen molar-refractivity contribution in [1.82, 2.24) is 0 Å². The summed E-state index contributed by atoms with van der Waals surface area (Å²) in [5.74, 6) is -0.0683. The molecule has 0 saturated heterocycles. The second kappa shape index (κ2) is 4.00. The first-order valence-electron chi connectivity index (χ1n) is 5.84. The molecule has 0 amide bonds. The summed E-state index contributed by atoms with van der Waals surface area (Å²) >= 11 is 0. The van der Waals surface area contributed by atoms with Crippen molar-refractivity contribution in [1.29, 1.82) is 0 Å². The molecule has 0 bridgehead atoms. The van der Waals surface area contributed by atoms with E-state index in [-0.39, 0.29) is 17.0 Å². The third-order valence-electron chi connectivity index (χ3n) is 3.68. The number of carbonyl (C=O) groups is 1. The Morgan fingerprint density at radius 1 is 1.31 bits per heavy atom. The van der Waals surface area contributed by atoms with Gasteiger partial charge in [0.25, 0.3) is 0 Å². The van der Waals surface area contributed by atoms with Crippen LogP contribution in [0.15, 0.2) is 18.2 Å². The van der Waals surface area contributed by atoms with E-state index in [0.29, 0.717) is 11.1 Å². The van der Waals surface area contributed by atoms with E-state index in [0.717, 1.165) is 25.7 Å². The Hall–Kier alpha value is -1.18. The largest absolute Gasteiger partial charge is 0.294 e. The van der Waals surface area contributed by atoms with Gasteiger partial charge in [0.15, 0.2) is 5.78 Å². The van der Waals surface area contributed by atoms with E-state index in [1.807, 2.05) is 6.92 Å². The minimum atomic E-state index is -0.242. The zero-order valence-electron chi connectivity index (χ0n) is 9.85. The van der Waals surface area contributed by atoms with Crippen LogP contribution in [-0.4, -0.2) is 5.78 Å². The average Bonchev–Trinajstić information content (AvgIpc) is 2.70. The summed E-state index contributed by atoms with van der Waals surface area (Å²) in [6.45, 7) is 3.73. The predicted octanol–water partition coefficient (Wildman–Crippen LogP) is 3.90. The Kier molecular flexibility index (Phi) is 2.83. The molecule has 1 fully saturated rings. The van der Waals surface area contributed by atoms with Crippen LogP contribution in [0, 0.1) is 18.2 Å². The third-order valence-corrected chi connectivity index (χ3v) is 3.68. The second-order valence-corrected chi connectivity index (χ2v) is 5.06. The minimum Gasteiger partial charge on any atom is -0.294 e. The number of hydrogen-bond donors (Lipinski definition) is 0. The van der Waals surface area contributed by atoms with Crippen molar-refractivity contribution in [2.45, 2.75) is 39.5 Å². The van der Waals surface area contributed by atoms with Crippen molar-refractivity contribution in [2.24, 2.45) is 5.41 Å². The van der Waals surface area contributed by atoms with Crippen LogP contribution in [0.25, 0.3) is 0 Å². The zero-order valence-corrected chi connectivity index (χ0v) is 9.85. The molecule has 1 saturated carbocycles. The maximum atomic E-state index is 13.1. The Labute approximate surface area is 95.7 Å². The van der Waals surface area contributed by atoms with Crippen molar-refractivity contribution >= 4 is 5.78 Å². The van der Waals surface area contributed by atoms with Gasteiger partial charge >= 0.3 is 0 Å². The summed E-state index contributed by atoms with van der Waals surface area (Å²) in [5, 5.41) is 0. The molecule has 1 aromatic rings. The number of carbonyl (C=O) groups excluding carboxylic acids is 1. The Morgan fingerprint density at radius 3 is 2.50 bits per heavy atom. The van der Waals surface area contributed by atoms with Crippen LogP contribution >= 0.6 is 0 Å². The van der Waals surface area contributed by atoms with Gasteiger partial charge in [-0.15, -0.1) is 0 Å². The molecular formula is C14H17FO. The molecule has 0 atom stereocenters. The molecule has 0 radical (unpaired) electrons. The lowest BCUT2D eigenvalue weighted by Gasteiger charge is -2.21. The lowest BCUT2D eigenvalue weighted by atomic mass is 9.80. The SMILES string of the molecule is Cc1cc(C(=O)C2(C)CCCC2)ccc1F. The number of benzene rings is 1. The standard InChI is InChI=1S/C14H17FO/c1-10-9-11(5-6-12(10)15)13(16)14(2)7-3-4-8-14/h5-6,9H,3-4,7-8H2,1-2H3. The normalized spacial score (nSPS) is 18.7. The Balaban J connectivity index is 2.30. The Morgan fingerprint density at radius 2 is 1.94 bits per heavy atom. The lowest BCUT2D eigenvalue weighted by Crippen LogP contribution is -2.24. The molecule has 1 aliphatic carbocycles. The fourth-order valence-corrected chi connectivity index (χ4v) is 2.52. The van der Waals surface area contributed by atoms with E-state index >= 15 is 0 Å². The van der Waals surface area contributed by atoms with Crippen molar-refractivity contribution in [2.75, 3.05) is 0 Å². The molecule has 0 unspecified atom stereocenters. The van der Waals surface area contributed by atoms with Crippen LogP contribution in [0.2, 0.25) is 0 Å². The van der Waals surface area contributed by atoms with Crippen LogP contribution in [0.3, 0.4) is 0 Å². The number of ketones is 1. The summed E-state index contributed by atoms with van der Waals surface area (Å²) in [6.07, 6.45) is 4.18. The van der Waals surface area contributed by atoms with Gasteiger partial charge in [-0.05, 0) is 43.5 Å². The van der Waals surface area contributed by atoms with E-state index in [9.17, 15) is 9.18 Å². The fraction of sp³-hybridized carbons (Fsp3) is 0.500. The number of Topliss-reactive ketones (excluding diaryl/α,β-unsaturated/α-hetero) is 1. The van der Waals surface area contributed by atoms with Crippen LogP contribution in [0.1, 0.15) is 48.5 Å². The van der Waals surface area contributed by atoms with Crippen molar-refractivity contribution in [3.63, 3.8) is 0 Å². The highest BCUT2D eigenvalue weighted by molar-refractivity contribution is 6.00. The van der Waals surface area contributed by atoms with Gasteiger partial charge in [-0.1, -0.05) is 19.8 Å². The van der Waals surface area contributed by atoms with E-state index < -0.39 is 0 Å². The van der Waals surface area contributed by atoms with E-state index in [1.165, 1.54) is 6.07 Å². The molecule has 1 nitrogen and oxygen atoms in total. The molecule has 2 rings (SSSR count). The molecule has 86 valence electrons. The van der Waals surface area contributed by atoms with Gasteiger partial charge in [-0.25, -0.2) is 4.39 Å². The molecule has 0 heterocycles. The van der Waals surface area contributed by atoms with E-state index in [4.69, 9.17) is 0 Å². The third kappa shape index (κ3) is 1.89. The summed E-state index contributed by atoms with van der Waals surface area (Å²) in [7, 11) is 0. The minimum absolute atomic E-state index is 0.174. The monoisotopic (exact) mass is 220 g/mol. The summed E-state index contributed by atoms with van der Waals surface area (Å²) in [6, 6.07) is 4.66. The van der Waals surface area contributed by atoms with Crippen LogP contribution in [0.5, 0.6) is 0 Å². The molecule has 2 heteroatoms. The smallest absolute Gasteiger partial charge is 0.168 e. The average molecular weight is 220 g/mol. The van der Waals surface area contributed by atoms with Gasteiger partial charge in [0, 0.05) is 11.0 Å². The van der Waals surface area contributed by atoms with E-state index in [2.05, 4.69) is 0 Å². The maximum absolute atomic E-state index is 13.1. The van der Waals surface area contributed by atoms with Crippen LogP contribution in [-0.2, 0) is 0 Å². The predicted molar refractivity (Wildman–Crippen MR) is 62.0 cm³/mol. The zero-order chi connectivity index (χ0) is 11.8. The number of rotatable bonds is 2. The van der Waals surface area contributed by atoms with Crippen molar-refractivity contribution < 1.29 is 9.18 Å². The quantitative estimate of drug-likeness (QED) is 0.691. The highest BCUT2D eigenvalue weighted by Gasteiger charge is 2.36. The first kappa shape index (κ1) is 11.3.